The van der Waals surface area contributed by atoms with Gasteiger partial charge in [-0.15, -0.1) is 11.3 Å². The van der Waals surface area contributed by atoms with Gasteiger partial charge < -0.3 is 4.57 Å². The molecule has 2 heterocycles. The van der Waals surface area contributed by atoms with Gasteiger partial charge >= 0.3 is 0 Å². The van der Waals surface area contributed by atoms with Crippen LogP contribution in [0.3, 0.4) is 0 Å². The molecule has 0 atom stereocenters. The first kappa shape index (κ1) is 15.8. The van der Waals surface area contributed by atoms with Crippen LogP contribution in [0.5, 0.6) is 0 Å². The normalized spacial score (nSPS) is 11.3. The summed E-state index contributed by atoms with van der Waals surface area (Å²) < 4.78 is 2.24. The summed E-state index contributed by atoms with van der Waals surface area (Å²) in [7, 11) is 0. The molecule has 0 aliphatic carbocycles. The van der Waals surface area contributed by atoms with Crippen molar-refractivity contribution in [1.29, 1.82) is 0 Å². The number of thiophene rings is 1. The molecule has 5 rings (SSSR count). The zero-order chi connectivity index (χ0) is 18.4. The largest absolute Gasteiger partial charge is 0.308 e. The molecule has 0 amide bonds. The number of benzene rings is 3. The molecule has 0 spiro atoms. The van der Waals surface area contributed by atoms with E-state index in [9.17, 15) is 10.1 Å². The maximum absolute atomic E-state index is 11.4. The van der Waals surface area contributed by atoms with Crippen LogP contribution in [0.2, 0.25) is 0 Å². The van der Waals surface area contributed by atoms with Gasteiger partial charge in [0.1, 0.15) is 0 Å². The van der Waals surface area contributed by atoms with Gasteiger partial charge in [0, 0.05) is 33.3 Å². The molecule has 0 N–H and O–H groups in total. The molecule has 2 aromatic heterocycles. The second-order valence-electron chi connectivity index (χ2n) is 6.35. The van der Waals surface area contributed by atoms with Crippen LogP contribution in [0.15, 0.2) is 83.6 Å². The average molecular weight is 370 g/mol. The highest BCUT2D eigenvalue weighted by Gasteiger charge is 2.17. The lowest BCUT2D eigenvalue weighted by Crippen LogP contribution is -1.93. The number of para-hydroxylation sites is 2. The van der Waals surface area contributed by atoms with E-state index in [1.165, 1.54) is 5.39 Å². The first-order chi connectivity index (χ1) is 13.2. The molecular weight excluding hydrogens is 356 g/mol. The second-order valence-corrected chi connectivity index (χ2v) is 7.09. The third-order valence-corrected chi connectivity index (χ3v) is 5.57. The van der Waals surface area contributed by atoms with Gasteiger partial charge in [0.05, 0.1) is 21.5 Å². The van der Waals surface area contributed by atoms with E-state index in [1.807, 2.05) is 30.3 Å². The minimum absolute atomic E-state index is 0.126. The quantitative estimate of drug-likeness (QED) is 0.272. The Morgan fingerprint density at radius 1 is 0.815 bits per heavy atom. The van der Waals surface area contributed by atoms with Gasteiger partial charge in [-0.2, -0.15) is 0 Å². The van der Waals surface area contributed by atoms with E-state index in [2.05, 4.69) is 39.6 Å². The van der Waals surface area contributed by atoms with E-state index in [-0.39, 0.29) is 10.6 Å². The fourth-order valence-corrected chi connectivity index (χ4v) is 4.45. The zero-order valence-corrected chi connectivity index (χ0v) is 15.0. The van der Waals surface area contributed by atoms with Crippen LogP contribution in [-0.2, 0) is 0 Å². The molecule has 4 nitrogen and oxygen atoms in total. The van der Waals surface area contributed by atoms with E-state index in [4.69, 9.17) is 0 Å². The molecule has 27 heavy (non-hydrogen) atoms. The summed E-state index contributed by atoms with van der Waals surface area (Å²) in [5, 5.41) is 18.0. The molecule has 0 bridgehead atoms. The van der Waals surface area contributed by atoms with Gasteiger partial charge in [-0.3, -0.25) is 10.1 Å². The van der Waals surface area contributed by atoms with Crippen LogP contribution in [0, 0.1) is 10.1 Å². The minimum Gasteiger partial charge on any atom is -0.308 e. The third-order valence-electron chi connectivity index (χ3n) is 4.84. The molecule has 0 unspecified atom stereocenters. The highest BCUT2D eigenvalue weighted by atomic mass is 32.1. The SMILES string of the molecule is O=[N+]([O-])c1ccccc1-c1ccc2c(c1)c1cscc1n2-c1ccccc1. The van der Waals surface area contributed by atoms with Gasteiger partial charge in [0.25, 0.3) is 5.69 Å². The number of nitro groups is 1. The van der Waals surface area contributed by atoms with Crippen molar-refractivity contribution < 1.29 is 4.92 Å². The van der Waals surface area contributed by atoms with E-state index in [0.29, 0.717) is 5.56 Å². The molecule has 3 aromatic carbocycles. The Morgan fingerprint density at radius 2 is 1.59 bits per heavy atom. The maximum atomic E-state index is 11.4. The van der Waals surface area contributed by atoms with E-state index in [1.54, 1.807) is 29.5 Å². The Labute approximate surface area is 159 Å². The van der Waals surface area contributed by atoms with Gasteiger partial charge in [-0.25, -0.2) is 0 Å². The minimum atomic E-state index is -0.325. The first-order valence-corrected chi connectivity index (χ1v) is 9.48. The fraction of sp³-hybridized carbons (Fsp3) is 0. The lowest BCUT2D eigenvalue weighted by atomic mass is 10.0. The third kappa shape index (κ3) is 2.44. The Hall–Kier alpha value is -3.44. The molecule has 0 saturated heterocycles. The Kier molecular flexibility index (Phi) is 3.55. The number of fused-ring (bicyclic) bond motifs is 3. The fourth-order valence-electron chi connectivity index (χ4n) is 3.64. The highest BCUT2D eigenvalue weighted by Crippen LogP contribution is 2.38. The molecule has 130 valence electrons. The van der Waals surface area contributed by atoms with Crippen LogP contribution in [0.25, 0.3) is 38.6 Å². The second kappa shape index (κ2) is 6.07. The van der Waals surface area contributed by atoms with Crippen molar-refractivity contribution in [3.8, 4) is 16.8 Å². The predicted molar refractivity (Wildman–Crippen MR) is 111 cm³/mol. The van der Waals surface area contributed by atoms with Crippen molar-refractivity contribution in [1.82, 2.24) is 4.57 Å². The van der Waals surface area contributed by atoms with Crippen LogP contribution >= 0.6 is 11.3 Å². The number of aromatic nitrogens is 1. The number of rotatable bonds is 3. The van der Waals surface area contributed by atoms with Gasteiger partial charge in [-0.1, -0.05) is 36.4 Å². The monoisotopic (exact) mass is 370 g/mol. The molecule has 0 radical (unpaired) electrons. The van der Waals surface area contributed by atoms with Crippen molar-refractivity contribution in [2.45, 2.75) is 0 Å². The molecule has 0 fully saturated rings. The summed E-state index contributed by atoms with van der Waals surface area (Å²) in [5.74, 6) is 0. The molecular formula is C22H14N2O2S. The van der Waals surface area contributed by atoms with Crippen molar-refractivity contribution in [3.63, 3.8) is 0 Å². The van der Waals surface area contributed by atoms with Gasteiger partial charge in [-0.05, 0) is 35.9 Å². The predicted octanol–water partition coefficient (Wildman–Crippen LogP) is 6.42. The maximum Gasteiger partial charge on any atom is 0.277 e. The number of hydrogen-bond donors (Lipinski definition) is 0. The van der Waals surface area contributed by atoms with Crippen molar-refractivity contribution in [3.05, 3.63) is 93.7 Å². The molecule has 5 heteroatoms. The van der Waals surface area contributed by atoms with Crippen LogP contribution in [0.4, 0.5) is 5.69 Å². The number of nitrogens with zero attached hydrogens (tertiary/aromatic N) is 2. The van der Waals surface area contributed by atoms with Gasteiger partial charge in [0.2, 0.25) is 0 Å². The molecule has 0 saturated carbocycles. The van der Waals surface area contributed by atoms with E-state index in [0.717, 1.165) is 27.7 Å². The Morgan fingerprint density at radius 3 is 2.41 bits per heavy atom. The van der Waals surface area contributed by atoms with E-state index < -0.39 is 0 Å². The summed E-state index contributed by atoms with van der Waals surface area (Å²) in [5.41, 5.74) is 4.98. The lowest BCUT2D eigenvalue weighted by molar-refractivity contribution is -0.384. The molecule has 0 aliphatic rings. The Bertz CT molecular complexity index is 1300. The summed E-state index contributed by atoms with van der Waals surface area (Å²) in [4.78, 5) is 11.1. The summed E-state index contributed by atoms with van der Waals surface area (Å²) in [6, 6.07) is 23.2. The van der Waals surface area contributed by atoms with Crippen LogP contribution < -0.4 is 0 Å². The van der Waals surface area contributed by atoms with Crippen molar-refractivity contribution >= 4 is 38.8 Å². The summed E-state index contributed by atoms with van der Waals surface area (Å²) >= 11 is 1.66. The smallest absolute Gasteiger partial charge is 0.277 e. The number of nitro benzene ring substituents is 1. The topological polar surface area (TPSA) is 48.1 Å². The zero-order valence-electron chi connectivity index (χ0n) is 14.2. The molecule has 5 aromatic rings. The van der Waals surface area contributed by atoms with Crippen molar-refractivity contribution in [2.75, 3.05) is 0 Å². The summed E-state index contributed by atoms with van der Waals surface area (Å²) in [6.07, 6.45) is 0. The first-order valence-electron chi connectivity index (χ1n) is 8.53. The highest BCUT2D eigenvalue weighted by molar-refractivity contribution is 7.09. The van der Waals surface area contributed by atoms with E-state index >= 15 is 0 Å². The standard InChI is InChI=1S/C22H14N2O2S/c25-24(26)21-9-5-4-8-17(21)15-10-11-20-18(12-15)19-13-27-14-22(19)23(20)16-6-2-1-3-7-16/h1-14H. The average Bonchev–Trinajstić information content (AvgIpc) is 3.29. The van der Waals surface area contributed by atoms with Crippen LogP contribution in [0.1, 0.15) is 0 Å². The van der Waals surface area contributed by atoms with Gasteiger partial charge in [0.15, 0.2) is 0 Å². The molecule has 0 aliphatic heterocycles. The Balaban J connectivity index is 1.81. The summed E-state index contributed by atoms with van der Waals surface area (Å²) in [6.45, 7) is 0. The van der Waals surface area contributed by atoms with Crippen LogP contribution in [-0.4, -0.2) is 9.49 Å². The lowest BCUT2D eigenvalue weighted by Gasteiger charge is -2.08. The number of hydrogen-bond acceptors (Lipinski definition) is 3. The van der Waals surface area contributed by atoms with Crippen molar-refractivity contribution in [2.24, 2.45) is 0 Å².